The van der Waals surface area contributed by atoms with Crippen LogP contribution < -0.4 is 10.1 Å². The average Bonchev–Trinajstić information content (AvgIpc) is 3.64. The van der Waals surface area contributed by atoms with Crippen LogP contribution in [0.4, 0.5) is 37.7 Å². The molecule has 0 aliphatic carbocycles. The minimum atomic E-state index is -5.08. The van der Waals surface area contributed by atoms with Crippen molar-refractivity contribution >= 4 is 34.7 Å². The fourth-order valence-corrected chi connectivity index (χ4v) is 4.04. The van der Waals surface area contributed by atoms with E-state index in [2.05, 4.69) is 20.6 Å². The molecular formula is C27H24F6N6O6. The first-order valence-electron chi connectivity index (χ1n) is 12.7. The van der Waals surface area contributed by atoms with E-state index in [0.717, 1.165) is 41.2 Å². The summed E-state index contributed by atoms with van der Waals surface area (Å²) in [6, 6.07) is 15.2. The van der Waals surface area contributed by atoms with Gasteiger partial charge in [0.2, 0.25) is 0 Å². The zero-order valence-electron chi connectivity index (χ0n) is 23.1. The Kier molecular flexibility index (Phi) is 10.9. The molecule has 1 amide bonds. The van der Waals surface area contributed by atoms with E-state index in [9.17, 15) is 31.1 Å². The first kappa shape index (κ1) is 34.1. The summed E-state index contributed by atoms with van der Waals surface area (Å²) in [5.41, 5.74) is 4.11. The maximum atomic E-state index is 13.0. The fourth-order valence-electron chi connectivity index (χ4n) is 4.04. The molecule has 0 bridgehead atoms. The third kappa shape index (κ3) is 9.28. The molecule has 240 valence electrons. The molecule has 1 fully saturated rings. The maximum absolute atomic E-state index is 13.0. The molecule has 4 aromatic rings. The van der Waals surface area contributed by atoms with Gasteiger partial charge in [0.1, 0.15) is 11.4 Å². The second kappa shape index (κ2) is 14.4. The van der Waals surface area contributed by atoms with Crippen molar-refractivity contribution in [1.29, 1.82) is 0 Å². The second-order valence-electron chi connectivity index (χ2n) is 9.08. The number of amides is 1. The molecular weight excluding hydrogens is 618 g/mol. The molecule has 45 heavy (non-hydrogen) atoms. The van der Waals surface area contributed by atoms with Crippen LogP contribution in [0, 0.1) is 0 Å². The summed E-state index contributed by atoms with van der Waals surface area (Å²) in [6.07, 6.45) is -3.19. The maximum Gasteiger partial charge on any atom is 0.490 e. The number of alkyl halides is 6. The number of benzene rings is 1. The normalized spacial score (nSPS) is 14.5. The van der Waals surface area contributed by atoms with E-state index in [1.54, 1.807) is 36.2 Å². The van der Waals surface area contributed by atoms with Gasteiger partial charge in [-0.2, -0.15) is 26.3 Å². The molecule has 1 aliphatic heterocycles. The average molecular weight is 643 g/mol. The number of aromatic nitrogens is 4. The number of carbonyl (C=O) groups excluding carboxylic acids is 1. The number of halogens is 6. The molecule has 1 unspecified atom stereocenters. The van der Waals surface area contributed by atoms with Crippen molar-refractivity contribution in [2.24, 2.45) is 0 Å². The number of nitrogens with one attached hydrogen (secondary N) is 1. The van der Waals surface area contributed by atoms with Gasteiger partial charge in [-0.25, -0.2) is 14.1 Å². The van der Waals surface area contributed by atoms with Crippen molar-refractivity contribution in [3.8, 4) is 5.75 Å². The lowest BCUT2D eigenvalue weighted by atomic mass is 10.1. The van der Waals surface area contributed by atoms with Crippen molar-refractivity contribution < 1.29 is 55.7 Å². The lowest BCUT2D eigenvalue weighted by molar-refractivity contribution is -0.193. The van der Waals surface area contributed by atoms with Gasteiger partial charge in [0.25, 0.3) is 5.91 Å². The van der Waals surface area contributed by atoms with E-state index in [0.29, 0.717) is 12.1 Å². The van der Waals surface area contributed by atoms with Crippen molar-refractivity contribution in [1.82, 2.24) is 24.7 Å². The minimum absolute atomic E-state index is 0.0203. The lowest BCUT2D eigenvalue weighted by Crippen LogP contribution is -2.30. The van der Waals surface area contributed by atoms with Gasteiger partial charge < -0.3 is 25.2 Å². The number of rotatable bonds is 5. The highest BCUT2D eigenvalue weighted by Crippen LogP contribution is 2.34. The Balaban J connectivity index is 0.000000331. The molecule has 1 saturated heterocycles. The molecule has 4 heterocycles. The Bertz CT molecular complexity index is 1610. The lowest BCUT2D eigenvalue weighted by Gasteiger charge is -2.23. The smallest absolute Gasteiger partial charge is 0.490 e. The van der Waals surface area contributed by atoms with Crippen LogP contribution in [0.1, 0.15) is 34.9 Å². The number of methoxy groups -OCH3 is 1. The van der Waals surface area contributed by atoms with E-state index in [1.807, 2.05) is 47.5 Å². The number of carboxylic acid groups (broad SMARTS) is 2. The molecule has 0 radical (unpaired) electrons. The van der Waals surface area contributed by atoms with Gasteiger partial charge in [0, 0.05) is 30.7 Å². The van der Waals surface area contributed by atoms with Crippen molar-refractivity contribution in [3.63, 3.8) is 0 Å². The predicted molar refractivity (Wildman–Crippen MR) is 144 cm³/mol. The van der Waals surface area contributed by atoms with Crippen LogP contribution in [0.5, 0.6) is 5.75 Å². The SMILES string of the molecule is COc1cccc(Nc2ccc3c(C4CCCN4C(=O)c4cccnc4)nnn3c2)c1.O=C(O)C(F)(F)F.O=C(O)C(F)(F)F. The van der Waals surface area contributed by atoms with Crippen molar-refractivity contribution in [2.75, 3.05) is 19.0 Å². The number of aliphatic carboxylic acids is 2. The number of nitrogens with zero attached hydrogens (tertiary/aromatic N) is 5. The van der Waals surface area contributed by atoms with E-state index in [1.165, 1.54) is 0 Å². The number of hydrogen-bond donors (Lipinski definition) is 3. The fraction of sp³-hybridized carbons (Fsp3) is 0.259. The Morgan fingerprint density at radius 3 is 2.20 bits per heavy atom. The zero-order chi connectivity index (χ0) is 33.4. The second-order valence-corrected chi connectivity index (χ2v) is 9.08. The van der Waals surface area contributed by atoms with Crippen molar-refractivity contribution in [3.05, 3.63) is 78.4 Å². The Morgan fingerprint density at radius 1 is 0.956 bits per heavy atom. The Labute approximate surface area is 249 Å². The van der Waals surface area contributed by atoms with Crippen LogP contribution in [0.2, 0.25) is 0 Å². The Hall–Kier alpha value is -5.42. The molecule has 3 aromatic heterocycles. The predicted octanol–water partition coefficient (Wildman–Crippen LogP) is 5.12. The van der Waals surface area contributed by atoms with E-state index < -0.39 is 24.3 Å². The molecule has 12 nitrogen and oxygen atoms in total. The molecule has 0 spiro atoms. The molecule has 1 aliphatic rings. The number of carbonyl (C=O) groups is 3. The number of pyridine rings is 2. The summed E-state index contributed by atoms with van der Waals surface area (Å²) < 4.78 is 70.5. The standard InChI is InChI=1S/C23H22N6O2.2C2HF3O2/c1-31-19-7-2-6-17(13-19)25-18-9-10-21-22(26-27-29(21)15-18)20-8-4-12-28(20)23(30)16-5-3-11-24-14-16;2*3-2(4,5)1(6)7/h2-3,5-7,9-11,13-15,20,25H,4,8,12H2,1H3;2*(H,6,7). The number of fused-ring (bicyclic) bond motifs is 1. The van der Waals surface area contributed by atoms with E-state index in [4.69, 9.17) is 24.5 Å². The van der Waals surface area contributed by atoms with Gasteiger partial charge in [-0.15, -0.1) is 5.10 Å². The van der Waals surface area contributed by atoms with E-state index >= 15 is 0 Å². The van der Waals surface area contributed by atoms with Crippen LogP contribution >= 0.6 is 0 Å². The number of hydrogen-bond acceptors (Lipinski definition) is 8. The number of carboxylic acids is 2. The third-order valence-corrected chi connectivity index (χ3v) is 6.02. The first-order chi connectivity index (χ1) is 21.1. The van der Waals surface area contributed by atoms with Crippen LogP contribution in [0.3, 0.4) is 0 Å². The van der Waals surface area contributed by atoms with Crippen LogP contribution in [-0.2, 0) is 9.59 Å². The van der Waals surface area contributed by atoms with Crippen LogP contribution in [0.15, 0.2) is 67.1 Å². The summed E-state index contributed by atoms with van der Waals surface area (Å²) >= 11 is 0. The zero-order valence-corrected chi connectivity index (χ0v) is 23.1. The van der Waals surface area contributed by atoms with Gasteiger partial charge in [-0.3, -0.25) is 9.78 Å². The van der Waals surface area contributed by atoms with Gasteiger partial charge in [0.05, 0.1) is 36.1 Å². The molecule has 1 aromatic carbocycles. The van der Waals surface area contributed by atoms with E-state index in [-0.39, 0.29) is 11.9 Å². The van der Waals surface area contributed by atoms with Gasteiger partial charge in [-0.05, 0) is 49.2 Å². The largest absolute Gasteiger partial charge is 0.497 e. The number of anilines is 2. The van der Waals surface area contributed by atoms with Gasteiger partial charge in [0.15, 0.2) is 0 Å². The molecule has 3 N–H and O–H groups in total. The highest BCUT2D eigenvalue weighted by atomic mass is 19.4. The molecule has 18 heteroatoms. The number of likely N-dealkylation sites (tertiary alicyclic amines) is 1. The highest BCUT2D eigenvalue weighted by molar-refractivity contribution is 5.94. The summed E-state index contributed by atoms with van der Waals surface area (Å²) in [5, 5.41) is 26.4. The minimum Gasteiger partial charge on any atom is -0.497 e. The molecule has 5 rings (SSSR count). The summed E-state index contributed by atoms with van der Waals surface area (Å²) in [4.78, 5) is 36.8. The Morgan fingerprint density at radius 2 is 1.62 bits per heavy atom. The highest BCUT2D eigenvalue weighted by Gasteiger charge is 2.39. The summed E-state index contributed by atoms with van der Waals surface area (Å²) in [5.74, 6) is -4.75. The molecule has 1 atom stereocenters. The van der Waals surface area contributed by atoms with Gasteiger partial charge >= 0.3 is 24.3 Å². The first-order valence-corrected chi connectivity index (χ1v) is 12.7. The third-order valence-electron chi connectivity index (χ3n) is 6.02. The quantitative estimate of drug-likeness (QED) is 0.250. The van der Waals surface area contributed by atoms with Crippen molar-refractivity contribution in [2.45, 2.75) is 31.2 Å². The molecule has 0 saturated carbocycles. The monoisotopic (exact) mass is 642 g/mol. The summed E-state index contributed by atoms with van der Waals surface area (Å²) in [7, 11) is 1.65. The van der Waals surface area contributed by atoms with Gasteiger partial charge in [-0.1, -0.05) is 11.3 Å². The van der Waals surface area contributed by atoms with Crippen LogP contribution in [-0.4, -0.2) is 78.8 Å². The summed E-state index contributed by atoms with van der Waals surface area (Å²) in [6.45, 7) is 0.701. The topological polar surface area (TPSA) is 159 Å². The number of ether oxygens (including phenoxy) is 1. The van der Waals surface area contributed by atoms with Crippen LogP contribution in [0.25, 0.3) is 5.52 Å².